The molecule has 5 unspecified atom stereocenters. The van der Waals surface area contributed by atoms with E-state index in [0.717, 1.165) is 199 Å². The number of carbonyl (C=O) groups excluding carboxylic acids is 4. The van der Waals surface area contributed by atoms with Crippen LogP contribution in [0.4, 0.5) is 0 Å². The van der Waals surface area contributed by atoms with Crippen molar-refractivity contribution in [3.63, 3.8) is 0 Å². The largest absolute Gasteiger partial charge is 0.472 e. The van der Waals surface area contributed by atoms with Crippen LogP contribution in [0.25, 0.3) is 0 Å². The molecule has 0 radical (unpaired) electrons. The number of rotatable bonds is 74. The van der Waals surface area contributed by atoms with Crippen LogP contribution in [0.3, 0.4) is 0 Å². The zero-order valence-electron chi connectivity index (χ0n) is 64.9. The summed E-state index contributed by atoms with van der Waals surface area (Å²) < 4.78 is 68.5. The lowest BCUT2D eigenvalue weighted by Gasteiger charge is -2.21. The highest BCUT2D eigenvalue weighted by atomic mass is 31.2. The van der Waals surface area contributed by atoms with Gasteiger partial charge in [0.15, 0.2) is 12.2 Å². The molecular weight excluding hydrogens is 1350 g/mol. The van der Waals surface area contributed by atoms with Crippen LogP contribution in [-0.4, -0.2) is 96.7 Å². The van der Waals surface area contributed by atoms with Crippen molar-refractivity contribution in [2.75, 3.05) is 39.6 Å². The van der Waals surface area contributed by atoms with E-state index < -0.39 is 97.5 Å². The van der Waals surface area contributed by atoms with Gasteiger partial charge in [0.25, 0.3) is 0 Å². The highest BCUT2D eigenvalue weighted by molar-refractivity contribution is 7.47. The lowest BCUT2D eigenvalue weighted by Crippen LogP contribution is -2.30. The van der Waals surface area contributed by atoms with E-state index in [2.05, 4.69) is 174 Å². The van der Waals surface area contributed by atoms with Crippen molar-refractivity contribution in [1.29, 1.82) is 0 Å². The van der Waals surface area contributed by atoms with Crippen LogP contribution >= 0.6 is 15.6 Å². The summed E-state index contributed by atoms with van der Waals surface area (Å²) in [5.41, 5.74) is 0. The highest BCUT2D eigenvalue weighted by Crippen LogP contribution is 2.45. The Morgan fingerprint density at radius 3 is 0.817 bits per heavy atom. The van der Waals surface area contributed by atoms with Crippen LogP contribution in [-0.2, 0) is 65.4 Å². The minimum absolute atomic E-state index is 0.0633. The molecule has 0 rings (SSSR count). The third-order valence-corrected chi connectivity index (χ3v) is 18.2. The standard InChI is InChI=1S/C85H142O17P2/c1-5-9-13-17-21-25-29-32-35-37-39-41-44-46-50-53-57-61-65-69-82(87)95-75-80(101-84(89)71-67-63-59-55-49-28-24-20-16-12-8-4)77-99-103(91,92)97-73-79(86)74-98-104(93,94)100-78-81(102-85(90)72-68-64-60-56-52-48-43-34-31-27-23-19-15-11-7-3)76-96-83(88)70-66-62-58-54-51-47-45-42-40-38-36-33-30-26-22-18-14-10-6-2/h10-11,14-15,20-27,32-36,39-43,47,51,79-81,86H,5-9,12-13,16-19,28-31,37-38,44-46,48-50,52-78H2,1-4H3,(H,91,92)(H,93,94)/b14-10-,15-11-,24-20-,25-21-,26-22-,27-23-,35-32-,36-33-,41-39-,42-40-,43-34-,51-47-. The molecule has 19 heteroatoms. The maximum Gasteiger partial charge on any atom is 0.472 e. The van der Waals surface area contributed by atoms with Crippen LogP contribution < -0.4 is 0 Å². The van der Waals surface area contributed by atoms with Crippen LogP contribution in [0.5, 0.6) is 0 Å². The Morgan fingerprint density at radius 2 is 0.510 bits per heavy atom. The van der Waals surface area contributed by atoms with Crippen LogP contribution in [0.1, 0.15) is 310 Å². The topological polar surface area (TPSA) is 237 Å². The number of hydrogen-bond acceptors (Lipinski definition) is 15. The molecule has 0 aliphatic heterocycles. The predicted molar refractivity (Wildman–Crippen MR) is 427 cm³/mol. The molecular formula is C85H142O17P2. The van der Waals surface area contributed by atoms with Crippen LogP contribution in [0.15, 0.2) is 146 Å². The zero-order chi connectivity index (χ0) is 76.0. The molecule has 0 heterocycles. The van der Waals surface area contributed by atoms with Gasteiger partial charge in [0.2, 0.25) is 0 Å². The molecule has 0 aromatic rings. The van der Waals surface area contributed by atoms with E-state index >= 15 is 0 Å². The number of unbranched alkanes of at least 4 members (excludes halogenated alkanes) is 24. The van der Waals surface area contributed by atoms with Crippen molar-refractivity contribution in [1.82, 2.24) is 0 Å². The van der Waals surface area contributed by atoms with E-state index in [1.54, 1.807) is 0 Å². The van der Waals surface area contributed by atoms with E-state index in [4.69, 9.17) is 37.0 Å². The molecule has 5 atom stereocenters. The summed E-state index contributed by atoms with van der Waals surface area (Å²) in [5.74, 6) is -2.26. The SMILES string of the molecule is CC/C=C\C/C=C\C/C=C\C/C=C\C/C=C\CCCCCC(=O)OCC(COP(=O)(O)OCC(O)COP(=O)(O)OCC(COC(=O)CCCCCCCC/C=C\C/C=C\C/C=C\CCCCC)OC(=O)CCCCCCC/C=C\CCCC)OC(=O)CCCCCCC/C=C\C/C=C\C/C=C\CC. The third kappa shape index (κ3) is 75.2. The number of ether oxygens (including phenoxy) is 4. The molecule has 0 amide bonds. The summed E-state index contributed by atoms with van der Waals surface area (Å²) in [4.78, 5) is 73.0. The third-order valence-electron chi connectivity index (χ3n) is 16.3. The summed E-state index contributed by atoms with van der Waals surface area (Å²) in [6.07, 6.45) is 86.9. The predicted octanol–water partition coefficient (Wildman–Crippen LogP) is 23.4. The molecule has 0 spiro atoms. The lowest BCUT2D eigenvalue weighted by atomic mass is 10.1. The highest BCUT2D eigenvalue weighted by Gasteiger charge is 2.30. The summed E-state index contributed by atoms with van der Waals surface area (Å²) >= 11 is 0. The molecule has 0 saturated heterocycles. The van der Waals surface area contributed by atoms with Crippen molar-refractivity contribution < 1.29 is 80.2 Å². The van der Waals surface area contributed by atoms with Gasteiger partial charge in [-0.15, -0.1) is 0 Å². The fourth-order valence-electron chi connectivity index (χ4n) is 10.2. The van der Waals surface area contributed by atoms with Gasteiger partial charge in [-0.25, -0.2) is 9.13 Å². The zero-order valence-corrected chi connectivity index (χ0v) is 66.7. The smallest absolute Gasteiger partial charge is 0.462 e. The number of aliphatic hydroxyl groups is 1. The number of allylic oxidation sites excluding steroid dienone is 24. The Kier molecular flexibility index (Phi) is 72.4. The van der Waals surface area contributed by atoms with E-state index in [9.17, 15) is 43.2 Å². The van der Waals surface area contributed by atoms with Gasteiger partial charge in [-0.1, -0.05) is 270 Å². The normalized spacial score (nSPS) is 14.6. The van der Waals surface area contributed by atoms with Gasteiger partial charge < -0.3 is 33.8 Å². The molecule has 0 aliphatic carbocycles. The van der Waals surface area contributed by atoms with E-state index in [0.29, 0.717) is 25.7 Å². The first kappa shape index (κ1) is 98.9. The van der Waals surface area contributed by atoms with Crippen molar-refractivity contribution in [2.24, 2.45) is 0 Å². The average Bonchev–Trinajstić information content (AvgIpc) is 0.929. The maximum atomic E-state index is 13.1. The van der Waals surface area contributed by atoms with E-state index in [1.165, 1.54) is 32.1 Å². The fraction of sp³-hybridized carbons (Fsp3) is 0.671. The lowest BCUT2D eigenvalue weighted by molar-refractivity contribution is -0.161. The second kappa shape index (κ2) is 76.1. The Morgan fingerprint density at radius 1 is 0.279 bits per heavy atom. The first-order valence-electron chi connectivity index (χ1n) is 40.1. The molecule has 0 fully saturated rings. The molecule has 104 heavy (non-hydrogen) atoms. The van der Waals surface area contributed by atoms with Crippen LogP contribution in [0.2, 0.25) is 0 Å². The summed E-state index contributed by atoms with van der Waals surface area (Å²) in [6.45, 7) is 4.50. The number of aliphatic hydroxyl groups excluding tert-OH is 1. The monoisotopic (exact) mass is 1500 g/mol. The van der Waals surface area contributed by atoms with Gasteiger partial charge in [-0.05, 0) is 161 Å². The molecule has 3 N–H and O–H groups in total. The van der Waals surface area contributed by atoms with E-state index in [-0.39, 0.29) is 25.7 Å². The molecule has 0 bridgehead atoms. The summed E-state index contributed by atoms with van der Waals surface area (Å²) in [7, 11) is -9.98. The number of esters is 4. The summed E-state index contributed by atoms with van der Waals surface area (Å²) in [5, 5.41) is 10.6. The fourth-order valence-corrected chi connectivity index (χ4v) is 11.8. The first-order chi connectivity index (χ1) is 50.7. The second-order valence-corrected chi connectivity index (χ2v) is 29.1. The molecule has 594 valence electrons. The second-order valence-electron chi connectivity index (χ2n) is 26.2. The van der Waals surface area contributed by atoms with Crippen molar-refractivity contribution in [2.45, 2.75) is 329 Å². The van der Waals surface area contributed by atoms with Gasteiger partial charge in [0.05, 0.1) is 26.4 Å². The van der Waals surface area contributed by atoms with Crippen LogP contribution in [0, 0.1) is 0 Å². The summed E-state index contributed by atoms with van der Waals surface area (Å²) in [6, 6.07) is 0. The van der Waals surface area contributed by atoms with Gasteiger partial charge in [0.1, 0.15) is 19.3 Å². The maximum absolute atomic E-state index is 13.1. The first-order valence-corrected chi connectivity index (χ1v) is 43.1. The molecule has 0 aromatic carbocycles. The Labute approximate surface area is 630 Å². The molecule has 0 aromatic heterocycles. The molecule has 0 aliphatic rings. The Hall–Kier alpha value is -5.06. The van der Waals surface area contributed by atoms with Crippen molar-refractivity contribution in [3.05, 3.63) is 146 Å². The van der Waals surface area contributed by atoms with Gasteiger partial charge in [-0.2, -0.15) is 0 Å². The molecule has 17 nitrogen and oxygen atoms in total. The van der Waals surface area contributed by atoms with Gasteiger partial charge >= 0.3 is 39.5 Å². The number of carbonyl (C=O) groups is 4. The van der Waals surface area contributed by atoms with Crippen molar-refractivity contribution in [3.8, 4) is 0 Å². The number of hydrogen-bond donors (Lipinski definition) is 3. The van der Waals surface area contributed by atoms with Crippen molar-refractivity contribution >= 4 is 39.5 Å². The van der Waals surface area contributed by atoms with E-state index in [1.807, 2.05) is 0 Å². The van der Waals surface area contributed by atoms with Gasteiger partial charge in [0, 0.05) is 25.7 Å². The quantitative estimate of drug-likeness (QED) is 0.0169. The Balaban J connectivity index is 5.38. The van der Waals surface area contributed by atoms with Gasteiger partial charge in [-0.3, -0.25) is 37.3 Å². The average molecular weight is 1500 g/mol. The Bertz CT molecular complexity index is 2540. The molecule has 0 saturated carbocycles. The number of phosphoric ester groups is 2. The minimum Gasteiger partial charge on any atom is -0.462 e. The number of phosphoric acid groups is 2. The minimum atomic E-state index is -5.00.